The Labute approximate surface area is 252 Å². The quantitative estimate of drug-likeness (QED) is 0.141. The van der Waals surface area contributed by atoms with Gasteiger partial charge >= 0.3 is 5.97 Å². The van der Waals surface area contributed by atoms with E-state index in [4.69, 9.17) is 39.4 Å². The minimum Gasteiger partial charge on any atom is -0.493 e. The molecule has 2 atom stereocenters. The lowest BCUT2D eigenvalue weighted by Gasteiger charge is -2.26. The van der Waals surface area contributed by atoms with Gasteiger partial charge in [-0.15, -0.1) is 0 Å². The summed E-state index contributed by atoms with van der Waals surface area (Å²) < 4.78 is 5.71. The number of guanidine groups is 1. The first kappa shape index (κ1) is 30.6. The largest absolute Gasteiger partial charge is 0.493 e. The minimum atomic E-state index is -1.42. The lowest BCUT2D eigenvalue weighted by molar-refractivity contribution is -0.139. The summed E-state index contributed by atoms with van der Waals surface area (Å²) in [5, 5.41) is 17.8. The van der Waals surface area contributed by atoms with Crippen LogP contribution in [0.25, 0.3) is 11.1 Å². The molecule has 1 heterocycles. The van der Waals surface area contributed by atoms with Gasteiger partial charge in [0.15, 0.2) is 5.96 Å². The third-order valence-corrected chi connectivity index (χ3v) is 7.17. The van der Waals surface area contributed by atoms with Crippen molar-refractivity contribution < 1.29 is 24.2 Å². The molecule has 0 fully saturated rings. The lowest BCUT2D eigenvalue weighted by Crippen LogP contribution is -2.49. The highest BCUT2D eigenvalue weighted by molar-refractivity contribution is 6.40. The number of fused-ring (bicyclic) bond motifs is 1. The van der Waals surface area contributed by atoms with Crippen molar-refractivity contribution in [1.29, 1.82) is 0 Å². The average molecular weight is 614 g/mol. The highest BCUT2D eigenvalue weighted by Crippen LogP contribution is 2.36. The summed E-state index contributed by atoms with van der Waals surface area (Å²) >= 11 is 12.7. The van der Waals surface area contributed by atoms with Crippen molar-refractivity contribution in [3.63, 3.8) is 0 Å². The molecule has 2 amide bonds. The Morgan fingerprint density at radius 1 is 1.02 bits per heavy atom. The molecule has 0 radical (unpaired) electrons. The number of aliphatic carboxylic acids is 1. The normalized spacial score (nSPS) is 14.6. The van der Waals surface area contributed by atoms with Crippen LogP contribution in [0.1, 0.15) is 28.3 Å². The molecule has 0 aromatic heterocycles. The smallest absolute Gasteiger partial charge is 0.328 e. The average Bonchev–Trinajstić information content (AvgIpc) is 2.95. The minimum absolute atomic E-state index is 0.0459. The second-order valence-corrected chi connectivity index (χ2v) is 10.4. The van der Waals surface area contributed by atoms with Crippen molar-refractivity contribution in [3.8, 4) is 16.9 Å². The molecule has 13 heteroatoms. The van der Waals surface area contributed by atoms with Crippen LogP contribution < -0.4 is 32.2 Å². The first-order valence-corrected chi connectivity index (χ1v) is 13.8. The molecular formula is C29H30Cl2N6O5. The number of nitrogens with two attached hydrogens (primary N) is 2. The van der Waals surface area contributed by atoms with E-state index in [1.165, 1.54) is 0 Å². The lowest BCUT2D eigenvalue weighted by atomic mass is 9.92. The van der Waals surface area contributed by atoms with Gasteiger partial charge in [-0.25, -0.2) is 9.79 Å². The van der Waals surface area contributed by atoms with Crippen LogP contribution in [0.15, 0.2) is 65.7 Å². The molecule has 220 valence electrons. The van der Waals surface area contributed by atoms with Crippen molar-refractivity contribution >= 4 is 52.6 Å². The van der Waals surface area contributed by atoms with Gasteiger partial charge < -0.3 is 37.3 Å². The van der Waals surface area contributed by atoms with Gasteiger partial charge in [0.25, 0.3) is 5.91 Å². The van der Waals surface area contributed by atoms with E-state index in [2.05, 4.69) is 20.9 Å². The molecular weight excluding hydrogens is 583 g/mol. The maximum Gasteiger partial charge on any atom is 0.328 e. The molecule has 0 spiro atoms. The zero-order valence-corrected chi connectivity index (χ0v) is 23.9. The second-order valence-electron chi connectivity index (χ2n) is 9.57. The molecule has 4 rings (SSSR count). The number of aliphatic imine (C=N–C) groups is 1. The fourth-order valence-corrected chi connectivity index (χ4v) is 5.20. The number of carbonyl (C=O) groups is 3. The highest BCUT2D eigenvalue weighted by atomic mass is 35.5. The van der Waals surface area contributed by atoms with Crippen LogP contribution in [-0.2, 0) is 9.59 Å². The number of carboxylic acid groups (broad SMARTS) is 1. The SMILES string of the molecule is NC(N)=Nc1ccc2c(c1)C(CNCC(=O)NC[C@@H](NC(=O)c1c(Cl)cc(-c3ccccc3)cc1Cl)C(=O)O)CCO2. The summed E-state index contributed by atoms with van der Waals surface area (Å²) in [5.41, 5.74) is 14.0. The van der Waals surface area contributed by atoms with Crippen LogP contribution in [0.4, 0.5) is 5.69 Å². The molecule has 42 heavy (non-hydrogen) atoms. The van der Waals surface area contributed by atoms with Crippen molar-refractivity contribution in [2.75, 3.05) is 26.2 Å². The fraction of sp³-hybridized carbons (Fsp3) is 0.241. The van der Waals surface area contributed by atoms with E-state index in [1.807, 2.05) is 36.4 Å². The number of benzene rings is 3. The number of amides is 2. The van der Waals surface area contributed by atoms with Crippen LogP contribution in [0.2, 0.25) is 10.0 Å². The third kappa shape index (κ3) is 7.90. The molecule has 0 aliphatic carbocycles. The van der Waals surface area contributed by atoms with E-state index in [0.717, 1.165) is 23.3 Å². The van der Waals surface area contributed by atoms with E-state index >= 15 is 0 Å². The molecule has 1 aliphatic rings. The van der Waals surface area contributed by atoms with E-state index in [0.29, 0.717) is 24.4 Å². The van der Waals surface area contributed by atoms with Crippen LogP contribution in [-0.4, -0.2) is 61.1 Å². The molecule has 0 saturated heterocycles. The topological polar surface area (TPSA) is 181 Å². The number of carboxylic acids is 1. The number of nitrogens with one attached hydrogen (secondary N) is 3. The summed E-state index contributed by atoms with van der Waals surface area (Å²) in [4.78, 5) is 41.3. The summed E-state index contributed by atoms with van der Waals surface area (Å²) in [5.74, 6) is -1.84. The number of ether oxygens (including phenoxy) is 1. The molecule has 8 N–H and O–H groups in total. The highest BCUT2D eigenvalue weighted by Gasteiger charge is 2.25. The predicted molar refractivity (Wildman–Crippen MR) is 161 cm³/mol. The van der Waals surface area contributed by atoms with Crippen molar-refractivity contribution in [2.24, 2.45) is 16.5 Å². The summed E-state index contributed by atoms with van der Waals surface area (Å²) in [6.07, 6.45) is 0.720. The van der Waals surface area contributed by atoms with Gasteiger partial charge in [-0.05, 0) is 47.9 Å². The Morgan fingerprint density at radius 3 is 2.40 bits per heavy atom. The molecule has 1 aliphatic heterocycles. The Morgan fingerprint density at radius 2 is 1.74 bits per heavy atom. The predicted octanol–water partition coefficient (Wildman–Crippen LogP) is 3.02. The summed E-state index contributed by atoms with van der Waals surface area (Å²) in [6.45, 7) is 0.570. The Balaban J connectivity index is 1.31. The van der Waals surface area contributed by atoms with Crippen molar-refractivity contribution in [1.82, 2.24) is 16.0 Å². The van der Waals surface area contributed by atoms with Crippen molar-refractivity contribution in [3.05, 3.63) is 81.8 Å². The van der Waals surface area contributed by atoms with Gasteiger partial charge in [0.05, 0.1) is 34.4 Å². The molecule has 0 bridgehead atoms. The number of hydrogen-bond donors (Lipinski definition) is 6. The molecule has 3 aromatic carbocycles. The molecule has 1 unspecified atom stereocenters. The van der Waals surface area contributed by atoms with E-state index < -0.39 is 23.8 Å². The monoisotopic (exact) mass is 612 g/mol. The third-order valence-electron chi connectivity index (χ3n) is 6.57. The van der Waals surface area contributed by atoms with Crippen LogP contribution >= 0.6 is 23.2 Å². The number of nitrogens with zero attached hydrogens (tertiary/aromatic N) is 1. The zero-order valence-electron chi connectivity index (χ0n) is 22.4. The fourth-order valence-electron chi connectivity index (χ4n) is 4.54. The van der Waals surface area contributed by atoms with Gasteiger partial charge in [0.2, 0.25) is 5.91 Å². The zero-order chi connectivity index (χ0) is 30.2. The maximum atomic E-state index is 12.9. The molecule has 0 saturated carbocycles. The van der Waals surface area contributed by atoms with Crippen LogP contribution in [0.3, 0.4) is 0 Å². The number of hydrogen-bond acceptors (Lipinski definition) is 6. The van der Waals surface area contributed by atoms with E-state index in [9.17, 15) is 19.5 Å². The molecule has 3 aromatic rings. The Bertz CT molecular complexity index is 1470. The van der Waals surface area contributed by atoms with E-state index in [1.54, 1.807) is 24.3 Å². The Hall–Kier alpha value is -4.32. The van der Waals surface area contributed by atoms with Gasteiger partial charge in [0, 0.05) is 24.6 Å². The number of rotatable bonds is 11. The van der Waals surface area contributed by atoms with Crippen LogP contribution in [0.5, 0.6) is 5.75 Å². The first-order chi connectivity index (χ1) is 20.1. The second kappa shape index (κ2) is 14.0. The van der Waals surface area contributed by atoms with Crippen LogP contribution in [0, 0.1) is 0 Å². The van der Waals surface area contributed by atoms with Gasteiger partial charge in [-0.2, -0.15) is 0 Å². The van der Waals surface area contributed by atoms with Gasteiger partial charge in [-0.1, -0.05) is 53.5 Å². The summed E-state index contributed by atoms with van der Waals surface area (Å²) in [7, 11) is 0. The maximum absolute atomic E-state index is 12.9. The van der Waals surface area contributed by atoms with Gasteiger partial charge in [0.1, 0.15) is 11.8 Å². The number of carbonyl (C=O) groups excluding carboxylic acids is 2. The first-order valence-electron chi connectivity index (χ1n) is 13.0. The molecule has 11 nitrogen and oxygen atoms in total. The van der Waals surface area contributed by atoms with Gasteiger partial charge in [-0.3, -0.25) is 9.59 Å². The Kier molecular flexibility index (Phi) is 10.2. The standard InChI is InChI=1S/C29H30Cl2N6O5/c30-21-10-18(16-4-2-1-3-5-16)11-22(31)26(21)27(39)37-23(28(40)41)14-35-25(38)15-34-13-17-8-9-42-24-7-6-19(12-20(17)24)36-29(32)33/h1-7,10-12,17,23,34H,8-9,13-15H2,(H,35,38)(H,37,39)(H,40,41)(H4,32,33,36)/t17?,23-/m1/s1. The number of halogens is 2. The summed E-state index contributed by atoms with van der Waals surface area (Å²) in [6, 6.07) is 16.5. The van der Waals surface area contributed by atoms with E-state index in [-0.39, 0.29) is 40.6 Å². The van der Waals surface area contributed by atoms with Crippen molar-refractivity contribution in [2.45, 2.75) is 18.4 Å².